The minimum absolute atomic E-state index is 0.147. The van der Waals surface area contributed by atoms with E-state index in [0.717, 1.165) is 5.82 Å². The molecule has 3 aromatic rings. The molecule has 134 valence electrons. The number of ether oxygens (including phenoxy) is 1. The molecular weight excluding hydrogens is 403 g/mol. The van der Waals surface area contributed by atoms with Gasteiger partial charge in [0.1, 0.15) is 23.0 Å². The molecule has 3 rings (SSSR count). The number of aromatic nitrogens is 3. The Morgan fingerprint density at radius 2 is 2.15 bits per heavy atom. The Hall–Kier alpha value is -2.74. The lowest BCUT2D eigenvalue weighted by Gasteiger charge is -2.11. The molecule has 0 aliphatic rings. The minimum atomic E-state index is -0.391. The number of aryl methyl sites for hydroxylation is 1. The molecule has 0 bridgehead atoms. The van der Waals surface area contributed by atoms with E-state index in [4.69, 9.17) is 4.74 Å². The fraction of sp³-hybridized carbons (Fsp3) is 0.167. The van der Waals surface area contributed by atoms with E-state index >= 15 is 0 Å². The zero-order valence-corrected chi connectivity index (χ0v) is 15.5. The summed E-state index contributed by atoms with van der Waals surface area (Å²) < 4.78 is 21.2. The maximum atomic E-state index is 13.2. The van der Waals surface area contributed by atoms with Crippen LogP contribution in [0.1, 0.15) is 16.2 Å². The lowest BCUT2D eigenvalue weighted by Crippen LogP contribution is -2.26. The summed E-state index contributed by atoms with van der Waals surface area (Å²) in [6, 6.07) is 7.30. The molecule has 1 N–H and O–H groups in total. The number of hydrogen-bond donors (Lipinski definition) is 1. The van der Waals surface area contributed by atoms with Gasteiger partial charge in [-0.15, -0.1) is 0 Å². The van der Waals surface area contributed by atoms with Crippen LogP contribution in [-0.4, -0.2) is 27.0 Å². The Morgan fingerprint density at radius 1 is 1.31 bits per heavy atom. The van der Waals surface area contributed by atoms with Gasteiger partial charge in [-0.25, -0.2) is 14.4 Å². The van der Waals surface area contributed by atoms with Crippen LogP contribution in [0, 0.1) is 5.82 Å². The molecule has 0 spiro atoms. The molecule has 0 atom stereocenters. The Balaban J connectivity index is 1.69. The first kappa shape index (κ1) is 18.1. The number of benzene rings is 1. The highest BCUT2D eigenvalue weighted by molar-refractivity contribution is 9.10. The summed E-state index contributed by atoms with van der Waals surface area (Å²) in [5.74, 6) is 0.697. The number of amides is 1. The fourth-order valence-corrected chi connectivity index (χ4v) is 2.76. The van der Waals surface area contributed by atoms with E-state index in [2.05, 4.69) is 31.2 Å². The van der Waals surface area contributed by atoms with Crippen molar-refractivity contribution in [2.75, 3.05) is 6.54 Å². The molecule has 6 nitrogen and oxygen atoms in total. The Bertz CT molecular complexity index is 929. The van der Waals surface area contributed by atoms with Gasteiger partial charge < -0.3 is 14.6 Å². The number of halogens is 2. The molecule has 1 amide bonds. The second-order valence-corrected chi connectivity index (χ2v) is 6.35. The number of imidazole rings is 1. The molecule has 2 heterocycles. The van der Waals surface area contributed by atoms with Gasteiger partial charge in [-0.05, 0) is 46.3 Å². The van der Waals surface area contributed by atoms with Gasteiger partial charge in [0.25, 0.3) is 5.91 Å². The van der Waals surface area contributed by atoms with Crippen LogP contribution in [0.4, 0.5) is 4.39 Å². The third-order valence-electron chi connectivity index (χ3n) is 3.67. The van der Waals surface area contributed by atoms with Crippen molar-refractivity contribution < 1.29 is 13.9 Å². The Morgan fingerprint density at radius 3 is 2.88 bits per heavy atom. The number of hydrogen-bond acceptors (Lipinski definition) is 4. The first-order valence-corrected chi connectivity index (χ1v) is 8.66. The lowest BCUT2D eigenvalue weighted by atomic mass is 10.2. The molecule has 8 heteroatoms. The third kappa shape index (κ3) is 4.26. The number of rotatable bonds is 6. The molecule has 1 aromatic carbocycles. The molecule has 0 unspecified atom stereocenters. The predicted molar refractivity (Wildman–Crippen MR) is 97.7 cm³/mol. The summed E-state index contributed by atoms with van der Waals surface area (Å²) in [5.41, 5.74) is 0.295. The predicted octanol–water partition coefficient (Wildman–Crippen LogP) is 3.48. The van der Waals surface area contributed by atoms with Gasteiger partial charge >= 0.3 is 0 Å². The van der Waals surface area contributed by atoms with Crippen molar-refractivity contribution in [3.8, 4) is 11.6 Å². The van der Waals surface area contributed by atoms with Gasteiger partial charge in [-0.3, -0.25) is 4.79 Å². The van der Waals surface area contributed by atoms with Crippen molar-refractivity contribution in [2.24, 2.45) is 7.05 Å². The number of carbonyl (C=O) groups is 1. The van der Waals surface area contributed by atoms with Crippen molar-refractivity contribution >= 4 is 21.8 Å². The first-order chi connectivity index (χ1) is 12.5. The molecule has 0 saturated heterocycles. The van der Waals surface area contributed by atoms with Crippen molar-refractivity contribution in [3.63, 3.8) is 0 Å². The highest BCUT2D eigenvalue weighted by Gasteiger charge is 2.15. The monoisotopic (exact) mass is 418 g/mol. The molecule has 0 saturated carbocycles. The molecule has 0 fully saturated rings. The summed E-state index contributed by atoms with van der Waals surface area (Å²) in [7, 11) is 1.90. The highest BCUT2D eigenvalue weighted by Crippen LogP contribution is 2.30. The highest BCUT2D eigenvalue weighted by atomic mass is 79.9. The number of pyridine rings is 1. The zero-order valence-electron chi connectivity index (χ0n) is 13.9. The van der Waals surface area contributed by atoms with Crippen molar-refractivity contribution in [2.45, 2.75) is 6.42 Å². The number of carbonyl (C=O) groups excluding carboxylic acids is 1. The van der Waals surface area contributed by atoms with Crippen LogP contribution in [0.25, 0.3) is 0 Å². The molecule has 0 aliphatic heterocycles. The second-order valence-electron chi connectivity index (χ2n) is 5.49. The van der Waals surface area contributed by atoms with Gasteiger partial charge in [0, 0.05) is 38.6 Å². The molecule has 26 heavy (non-hydrogen) atoms. The quantitative estimate of drug-likeness (QED) is 0.665. The van der Waals surface area contributed by atoms with Gasteiger partial charge in [0.05, 0.1) is 4.47 Å². The van der Waals surface area contributed by atoms with Gasteiger partial charge in [0.15, 0.2) is 0 Å². The maximum absolute atomic E-state index is 13.2. The van der Waals surface area contributed by atoms with Crippen LogP contribution < -0.4 is 10.1 Å². The van der Waals surface area contributed by atoms with Crippen LogP contribution in [0.5, 0.6) is 11.6 Å². The SMILES string of the molecule is Cn1ccnc1CCNC(=O)c1cccnc1Oc1ccc(F)cc1Br. The van der Waals surface area contributed by atoms with E-state index in [9.17, 15) is 9.18 Å². The first-order valence-electron chi connectivity index (χ1n) is 7.87. The summed E-state index contributed by atoms with van der Waals surface area (Å²) >= 11 is 3.23. The standard InChI is InChI=1S/C18H16BrFN4O2/c1-24-10-9-21-16(24)6-8-22-17(25)13-3-2-7-23-18(13)26-15-5-4-12(20)11-14(15)19/h2-5,7,9-11H,6,8H2,1H3,(H,22,25). The van der Waals surface area contributed by atoms with Gasteiger partial charge in [-0.2, -0.15) is 0 Å². The largest absolute Gasteiger partial charge is 0.437 e. The third-order valence-corrected chi connectivity index (χ3v) is 4.29. The van der Waals surface area contributed by atoms with Crippen molar-refractivity contribution in [3.05, 3.63) is 70.6 Å². The summed E-state index contributed by atoms with van der Waals surface area (Å²) in [6.07, 6.45) is 5.70. The average Bonchev–Trinajstić information content (AvgIpc) is 3.03. The number of nitrogens with one attached hydrogen (secondary N) is 1. The smallest absolute Gasteiger partial charge is 0.256 e. The summed E-state index contributed by atoms with van der Waals surface area (Å²) in [5, 5.41) is 2.83. The number of nitrogens with zero attached hydrogens (tertiary/aromatic N) is 3. The Kier molecular flexibility index (Phi) is 5.62. The topological polar surface area (TPSA) is 69.0 Å². The lowest BCUT2D eigenvalue weighted by molar-refractivity contribution is 0.0951. The molecule has 0 aliphatic carbocycles. The van der Waals surface area contributed by atoms with E-state index in [1.54, 1.807) is 18.3 Å². The van der Waals surface area contributed by atoms with E-state index < -0.39 is 5.82 Å². The van der Waals surface area contributed by atoms with E-state index in [-0.39, 0.29) is 11.8 Å². The van der Waals surface area contributed by atoms with Gasteiger partial charge in [0.2, 0.25) is 5.88 Å². The maximum Gasteiger partial charge on any atom is 0.256 e. The van der Waals surface area contributed by atoms with Crippen molar-refractivity contribution in [1.82, 2.24) is 19.9 Å². The zero-order chi connectivity index (χ0) is 18.5. The van der Waals surface area contributed by atoms with Gasteiger partial charge in [-0.1, -0.05) is 0 Å². The molecular formula is C18H16BrFN4O2. The normalized spacial score (nSPS) is 10.6. The fourth-order valence-electron chi connectivity index (χ4n) is 2.33. The second kappa shape index (κ2) is 8.09. The van der Waals surface area contributed by atoms with E-state index in [1.165, 1.54) is 24.4 Å². The Labute approximate surface area is 158 Å². The minimum Gasteiger partial charge on any atom is -0.437 e. The van der Waals surface area contributed by atoms with Crippen LogP contribution in [0.2, 0.25) is 0 Å². The summed E-state index contributed by atoms with van der Waals surface area (Å²) in [6.45, 7) is 0.429. The van der Waals surface area contributed by atoms with Crippen LogP contribution in [0.15, 0.2) is 53.4 Å². The average molecular weight is 419 g/mol. The van der Waals surface area contributed by atoms with Crippen LogP contribution in [0.3, 0.4) is 0 Å². The van der Waals surface area contributed by atoms with Crippen LogP contribution in [-0.2, 0) is 13.5 Å². The molecule has 0 radical (unpaired) electrons. The van der Waals surface area contributed by atoms with Crippen molar-refractivity contribution in [1.29, 1.82) is 0 Å². The van der Waals surface area contributed by atoms with E-state index in [1.807, 2.05) is 17.8 Å². The van der Waals surface area contributed by atoms with Crippen LogP contribution >= 0.6 is 15.9 Å². The van der Waals surface area contributed by atoms with E-state index in [0.29, 0.717) is 28.8 Å². The summed E-state index contributed by atoms with van der Waals surface area (Å²) in [4.78, 5) is 20.8. The molecule has 2 aromatic heterocycles.